The highest BCUT2D eigenvalue weighted by molar-refractivity contribution is 5.75. The first-order chi connectivity index (χ1) is 10.2. The van der Waals surface area contributed by atoms with Crippen LogP contribution in [0.1, 0.15) is 25.0 Å². The van der Waals surface area contributed by atoms with E-state index in [0.29, 0.717) is 12.3 Å². The number of carbonyl (C=O) groups excluding carboxylic acids is 1. The second kappa shape index (κ2) is 5.71. The van der Waals surface area contributed by atoms with Crippen LogP contribution in [-0.4, -0.2) is 40.6 Å². The number of hydrogen-bond acceptors (Lipinski definition) is 4. The Bertz CT molecular complexity index is 643. The Morgan fingerprint density at radius 1 is 1.43 bits per heavy atom. The number of aryl methyl sites for hydroxylation is 1. The average Bonchev–Trinajstić information content (AvgIpc) is 2.88. The number of fused-ring (bicyclic) bond motifs is 1. The van der Waals surface area contributed by atoms with Gasteiger partial charge in [0.2, 0.25) is 5.91 Å². The molecule has 1 N–H and O–H groups in total. The van der Waals surface area contributed by atoms with Crippen molar-refractivity contribution in [2.75, 3.05) is 25.0 Å². The fourth-order valence-electron chi connectivity index (χ4n) is 2.99. The van der Waals surface area contributed by atoms with Gasteiger partial charge in [-0.1, -0.05) is 0 Å². The van der Waals surface area contributed by atoms with Crippen LogP contribution in [0, 0.1) is 12.8 Å². The maximum atomic E-state index is 11.5. The van der Waals surface area contributed by atoms with Crippen LogP contribution in [0.4, 0.5) is 5.82 Å². The van der Waals surface area contributed by atoms with Gasteiger partial charge in [0.1, 0.15) is 5.52 Å². The van der Waals surface area contributed by atoms with Crippen molar-refractivity contribution >= 4 is 17.2 Å². The van der Waals surface area contributed by atoms with Crippen molar-refractivity contribution < 1.29 is 4.79 Å². The monoisotopic (exact) mass is 287 g/mol. The molecule has 2 aromatic rings. The standard InChI is InChI=1S/C15H21N5O/c1-11-9-13-15(17-5-8-20(13)18-11)19-6-3-12(4-7-19)10-14(21)16-2/h5,8-9,12H,3-4,6-7,10H2,1-2H3,(H,16,21). The van der Waals surface area contributed by atoms with Gasteiger partial charge in [-0.15, -0.1) is 0 Å². The number of rotatable bonds is 3. The minimum Gasteiger partial charge on any atom is -0.359 e. The molecule has 1 fully saturated rings. The number of anilines is 1. The third-order valence-electron chi connectivity index (χ3n) is 4.16. The molecule has 3 rings (SSSR count). The highest BCUT2D eigenvalue weighted by atomic mass is 16.1. The fourth-order valence-corrected chi connectivity index (χ4v) is 2.99. The zero-order valence-corrected chi connectivity index (χ0v) is 12.5. The zero-order valence-electron chi connectivity index (χ0n) is 12.5. The molecule has 1 aliphatic heterocycles. The SMILES string of the molecule is CNC(=O)CC1CCN(c2nccn3nc(C)cc23)CC1. The molecule has 112 valence electrons. The van der Waals surface area contributed by atoms with Gasteiger partial charge in [-0.3, -0.25) is 4.79 Å². The first kappa shape index (κ1) is 13.9. The summed E-state index contributed by atoms with van der Waals surface area (Å²) in [4.78, 5) is 18.3. The number of nitrogens with one attached hydrogen (secondary N) is 1. The zero-order chi connectivity index (χ0) is 14.8. The number of nitrogens with zero attached hydrogens (tertiary/aromatic N) is 4. The predicted molar refractivity (Wildman–Crippen MR) is 81.3 cm³/mol. The van der Waals surface area contributed by atoms with E-state index in [1.807, 2.05) is 17.6 Å². The summed E-state index contributed by atoms with van der Waals surface area (Å²) in [5.41, 5.74) is 2.05. The molecule has 0 aromatic carbocycles. The van der Waals surface area contributed by atoms with Gasteiger partial charge in [-0.2, -0.15) is 5.10 Å². The smallest absolute Gasteiger partial charge is 0.220 e. The summed E-state index contributed by atoms with van der Waals surface area (Å²) < 4.78 is 1.88. The van der Waals surface area contributed by atoms with Crippen molar-refractivity contribution in [1.29, 1.82) is 0 Å². The van der Waals surface area contributed by atoms with Gasteiger partial charge >= 0.3 is 0 Å². The second-order valence-corrected chi connectivity index (χ2v) is 5.67. The van der Waals surface area contributed by atoms with E-state index in [9.17, 15) is 4.79 Å². The molecule has 3 heterocycles. The van der Waals surface area contributed by atoms with Crippen LogP contribution in [0.15, 0.2) is 18.5 Å². The molecule has 0 saturated carbocycles. The number of piperidine rings is 1. The van der Waals surface area contributed by atoms with Gasteiger partial charge < -0.3 is 10.2 Å². The van der Waals surface area contributed by atoms with Crippen LogP contribution in [0.5, 0.6) is 0 Å². The summed E-state index contributed by atoms with van der Waals surface area (Å²) in [5, 5.41) is 7.14. The molecule has 1 aliphatic rings. The van der Waals surface area contributed by atoms with E-state index in [-0.39, 0.29) is 5.91 Å². The van der Waals surface area contributed by atoms with Crippen molar-refractivity contribution in [2.45, 2.75) is 26.2 Å². The number of aromatic nitrogens is 3. The van der Waals surface area contributed by atoms with E-state index in [1.54, 1.807) is 13.2 Å². The van der Waals surface area contributed by atoms with Crippen molar-refractivity contribution in [3.63, 3.8) is 0 Å². The molecule has 21 heavy (non-hydrogen) atoms. The predicted octanol–water partition coefficient (Wildman–Crippen LogP) is 1.39. The topological polar surface area (TPSA) is 62.5 Å². The van der Waals surface area contributed by atoms with Crippen LogP contribution >= 0.6 is 0 Å². The van der Waals surface area contributed by atoms with Crippen LogP contribution in [0.3, 0.4) is 0 Å². The van der Waals surface area contributed by atoms with Crippen molar-refractivity contribution in [3.05, 3.63) is 24.2 Å². The summed E-state index contributed by atoms with van der Waals surface area (Å²) in [6.45, 7) is 3.88. The van der Waals surface area contributed by atoms with Crippen LogP contribution in [0.2, 0.25) is 0 Å². The fraction of sp³-hybridized carbons (Fsp3) is 0.533. The molecule has 0 spiro atoms. The Morgan fingerprint density at radius 3 is 2.90 bits per heavy atom. The Morgan fingerprint density at radius 2 is 2.19 bits per heavy atom. The van der Waals surface area contributed by atoms with E-state index >= 15 is 0 Å². The molecule has 0 bridgehead atoms. The van der Waals surface area contributed by atoms with Gasteiger partial charge in [0.15, 0.2) is 5.82 Å². The van der Waals surface area contributed by atoms with Gasteiger partial charge in [-0.25, -0.2) is 9.50 Å². The summed E-state index contributed by atoms with van der Waals surface area (Å²) in [6, 6.07) is 2.07. The van der Waals surface area contributed by atoms with Crippen molar-refractivity contribution in [1.82, 2.24) is 19.9 Å². The Hall–Kier alpha value is -2.11. The summed E-state index contributed by atoms with van der Waals surface area (Å²) in [5.74, 6) is 1.61. The maximum Gasteiger partial charge on any atom is 0.220 e. The van der Waals surface area contributed by atoms with Gasteiger partial charge in [0.05, 0.1) is 5.69 Å². The first-order valence-corrected chi connectivity index (χ1v) is 7.44. The van der Waals surface area contributed by atoms with Crippen LogP contribution in [0.25, 0.3) is 5.52 Å². The summed E-state index contributed by atoms with van der Waals surface area (Å²) >= 11 is 0. The van der Waals surface area contributed by atoms with Crippen LogP contribution in [-0.2, 0) is 4.79 Å². The number of carbonyl (C=O) groups is 1. The highest BCUT2D eigenvalue weighted by Crippen LogP contribution is 2.26. The molecule has 2 aromatic heterocycles. The van der Waals surface area contributed by atoms with E-state index < -0.39 is 0 Å². The van der Waals surface area contributed by atoms with Gasteiger partial charge in [0.25, 0.3) is 0 Å². The van der Waals surface area contributed by atoms with Crippen molar-refractivity contribution in [3.8, 4) is 0 Å². The Labute approximate surface area is 124 Å². The molecule has 1 saturated heterocycles. The largest absolute Gasteiger partial charge is 0.359 e. The number of hydrogen-bond donors (Lipinski definition) is 1. The lowest BCUT2D eigenvalue weighted by Gasteiger charge is -2.32. The Kier molecular flexibility index (Phi) is 3.77. The van der Waals surface area contributed by atoms with E-state index in [2.05, 4.69) is 26.4 Å². The Balaban J connectivity index is 1.72. The summed E-state index contributed by atoms with van der Waals surface area (Å²) in [7, 11) is 1.70. The molecule has 0 unspecified atom stereocenters. The van der Waals surface area contributed by atoms with Gasteiger partial charge in [0, 0.05) is 39.0 Å². The highest BCUT2D eigenvalue weighted by Gasteiger charge is 2.23. The molecule has 0 atom stereocenters. The third-order valence-corrected chi connectivity index (χ3v) is 4.16. The minimum absolute atomic E-state index is 0.139. The van der Waals surface area contributed by atoms with Crippen molar-refractivity contribution in [2.24, 2.45) is 5.92 Å². The van der Waals surface area contributed by atoms with E-state index in [1.165, 1.54) is 0 Å². The first-order valence-electron chi connectivity index (χ1n) is 7.44. The lowest BCUT2D eigenvalue weighted by Crippen LogP contribution is -2.36. The lowest BCUT2D eigenvalue weighted by molar-refractivity contribution is -0.121. The minimum atomic E-state index is 0.139. The molecular weight excluding hydrogens is 266 g/mol. The summed E-state index contributed by atoms with van der Waals surface area (Å²) in [6.07, 6.45) is 6.37. The number of amides is 1. The molecule has 6 heteroatoms. The average molecular weight is 287 g/mol. The maximum absolute atomic E-state index is 11.5. The molecule has 6 nitrogen and oxygen atoms in total. The molecular formula is C15H21N5O. The van der Waals surface area contributed by atoms with E-state index in [4.69, 9.17) is 0 Å². The second-order valence-electron chi connectivity index (χ2n) is 5.67. The molecule has 0 radical (unpaired) electrons. The van der Waals surface area contributed by atoms with Crippen LogP contribution < -0.4 is 10.2 Å². The van der Waals surface area contributed by atoms with Gasteiger partial charge in [-0.05, 0) is 31.7 Å². The quantitative estimate of drug-likeness (QED) is 0.926. The van der Waals surface area contributed by atoms with E-state index in [0.717, 1.165) is 43.0 Å². The third kappa shape index (κ3) is 2.84. The lowest BCUT2D eigenvalue weighted by atomic mass is 9.93. The molecule has 0 aliphatic carbocycles. The normalized spacial score (nSPS) is 16.4. The molecule has 1 amide bonds.